The minimum absolute atomic E-state index is 0. The van der Waals surface area contributed by atoms with E-state index in [1.165, 1.54) is 17.1 Å². The molecule has 2 aliphatic heterocycles. The van der Waals surface area contributed by atoms with Crippen molar-refractivity contribution in [1.29, 1.82) is 0 Å². The van der Waals surface area contributed by atoms with E-state index in [0.717, 1.165) is 25.9 Å². The van der Waals surface area contributed by atoms with Gasteiger partial charge in [0.1, 0.15) is 5.82 Å². The lowest BCUT2D eigenvalue weighted by Gasteiger charge is -2.37. The maximum absolute atomic E-state index is 4.93. The van der Waals surface area contributed by atoms with Gasteiger partial charge in [0.15, 0.2) is 0 Å². The van der Waals surface area contributed by atoms with Crippen LogP contribution < -0.4 is 10.2 Å². The molecule has 1 N–H and O–H groups in total. The summed E-state index contributed by atoms with van der Waals surface area (Å²) in [6, 6.07) is 5.69. The van der Waals surface area contributed by atoms with Crippen LogP contribution in [0, 0.1) is 5.92 Å². The summed E-state index contributed by atoms with van der Waals surface area (Å²) in [5.41, 5.74) is 2.68. The topological polar surface area (TPSA) is 28.2 Å². The van der Waals surface area contributed by atoms with E-state index in [9.17, 15) is 0 Å². The summed E-state index contributed by atoms with van der Waals surface area (Å²) < 4.78 is 0. The van der Waals surface area contributed by atoms with E-state index in [1.54, 1.807) is 0 Å². The van der Waals surface area contributed by atoms with Gasteiger partial charge in [-0.1, -0.05) is 19.9 Å². The monoisotopic (exact) mass is 281 g/mol. The lowest BCUT2D eigenvalue weighted by molar-refractivity contribution is 0.427. The smallest absolute Gasteiger partial charge is 0.132 e. The van der Waals surface area contributed by atoms with Crippen LogP contribution in [0.15, 0.2) is 12.1 Å². The lowest BCUT2D eigenvalue weighted by Crippen LogP contribution is -2.55. The molecule has 0 bridgehead atoms. The molecule has 0 radical (unpaired) electrons. The van der Waals surface area contributed by atoms with Crippen LogP contribution in [-0.4, -0.2) is 30.2 Å². The molecule has 3 heterocycles. The van der Waals surface area contributed by atoms with E-state index in [0.29, 0.717) is 18.0 Å². The Morgan fingerprint density at radius 3 is 2.89 bits per heavy atom. The van der Waals surface area contributed by atoms with Gasteiger partial charge >= 0.3 is 0 Å². The summed E-state index contributed by atoms with van der Waals surface area (Å²) in [5, 5.41) is 3.52. The molecular formula is C15H24ClN3. The van der Waals surface area contributed by atoms with Crippen LogP contribution in [-0.2, 0) is 12.8 Å². The van der Waals surface area contributed by atoms with Gasteiger partial charge < -0.3 is 10.2 Å². The Labute approximate surface area is 122 Å². The Balaban J connectivity index is 0.00000133. The fraction of sp³-hybridized carbons (Fsp3) is 0.667. The van der Waals surface area contributed by atoms with Crippen LogP contribution in [0.2, 0.25) is 0 Å². The minimum Gasteiger partial charge on any atom is -0.348 e. The first-order valence-electron chi connectivity index (χ1n) is 7.13. The van der Waals surface area contributed by atoms with Crippen LogP contribution in [0.25, 0.3) is 0 Å². The van der Waals surface area contributed by atoms with Crippen LogP contribution >= 0.6 is 12.4 Å². The highest BCUT2D eigenvalue weighted by Crippen LogP contribution is 2.33. The van der Waals surface area contributed by atoms with Gasteiger partial charge in [-0.3, -0.25) is 0 Å². The number of nitrogens with zero attached hydrogens (tertiary/aromatic N) is 2. The van der Waals surface area contributed by atoms with Gasteiger partial charge in [-0.25, -0.2) is 4.98 Å². The molecule has 1 fully saturated rings. The Hall–Kier alpha value is -0.800. The first-order valence-corrected chi connectivity index (χ1v) is 7.13. The highest BCUT2D eigenvalue weighted by atomic mass is 35.5. The number of pyridine rings is 1. The number of piperazine rings is 1. The normalized spacial score (nSPS) is 24.9. The molecule has 0 unspecified atom stereocenters. The molecule has 4 heteroatoms. The third-order valence-electron chi connectivity index (χ3n) is 4.02. The standard InChI is InChI=1S/C15H23N3.ClH/c1-10(2)6-13-5-4-12-7-14-9-16-8-11(3)18(14)15(12)17-13;/h4-5,10-11,14,16H,6-9H2,1-3H3;1H/t11-,14-;/m1./s1. The van der Waals surface area contributed by atoms with Crippen molar-refractivity contribution >= 4 is 18.2 Å². The molecule has 3 nitrogen and oxygen atoms in total. The van der Waals surface area contributed by atoms with Crippen molar-refractivity contribution in [2.45, 2.75) is 45.7 Å². The molecule has 19 heavy (non-hydrogen) atoms. The number of hydrogen-bond acceptors (Lipinski definition) is 3. The summed E-state index contributed by atoms with van der Waals surface area (Å²) in [6.45, 7) is 8.98. The Kier molecular flexibility index (Phi) is 4.36. The SMILES string of the molecule is CC(C)Cc1ccc2c(n1)N1[C@@H](CNC[C@H]1C)C2.Cl. The second-order valence-electron chi connectivity index (χ2n) is 6.16. The van der Waals surface area contributed by atoms with Crippen molar-refractivity contribution in [3.63, 3.8) is 0 Å². The Morgan fingerprint density at radius 1 is 1.37 bits per heavy atom. The van der Waals surface area contributed by atoms with Gasteiger partial charge in [0.2, 0.25) is 0 Å². The molecule has 1 aromatic heterocycles. The molecule has 0 aromatic carbocycles. The van der Waals surface area contributed by atoms with Crippen LogP contribution in [0.4, 0.5) is 5.82 Å². The summed E-state index contributed by atoms with van der Waals surface area (Å²) in [5.74, 6) is 1.93. The zero-order chi connectivity index (χ0) is 12.7. The van der Waals surface area contributed by atoms with E-state index < -0.39 is 0 Å². The predicted octanol–water partition coefficient (Wildman–Crippen LogP) is 2.42. The first-order chi connectivity index (χ1) is 8.65. The maximum atomic E-state index is 4.93. The number of aromatic nitrogens is 1. The molecule has 0 spiro atoms. The van der Waals surface area contributed by atoms with Gasteiger partial charge in [-0.05, 0) is 37.3 Å². The van der Waals surface area contributed by atoms with E-state index in [-0.39, 0.29) is 12.4 Å². The number of halogens is 1. The molecule has 0 aliphatic carbocycles. The summed E-state index contributed by atoms with van der Waals surface area (Å²) in [7, 11) is 0. The zero-order valence-electron chi connectivity index (χ0n) is 12.0. The van der Waals surface area contributed by atoms with E-state index >= 15 is 0 Å². The summed E-state index contributed by atoms with van der Waals surface area (Å²) >= 11 is 0. The number of fused-ring (bicyclic) bond motifs is 3. The highest BCUT2D eigenvalue weighted by Gasteiger charge is 2.36. The average molecular weight is 282 g/mol. The van der Waals surface area contributed by atoms with Crippen molar-refractivity contribution in [2.75, 3.05) is 18.0 Å². The average Bonchev–Trinajstić information content (AvgIpc) is 2.67. The van der Waals surface area contributed by atoms with Crippen molar-refractivity contribution < 1.29 is 0 Å². The van der Waals surface area contributed by atoms with Crippen molar-refractivity contribution in [1.82, 2.24) is 10.3 Å². The molecule has 2 atom stereocenters. The molecule has 2 aliphatic rings. The van der Waals surface area contributed by atoms with Crippen LogP contribution in [0.5, 0.6) is 0 Å². The van der Waals surface area contributed by atoms with E-state index in [1.807, 2.05) is 0 Å². The van der Waals surface area contributed by atoms with Gasteiger partial charge in [0.25, 0.3) is 0 Å². The van der Waals surface area contributed by atoms with Gasteiger partial charge in [-0.15, -0.1) is 12.4 Å². The molecule has 1 aromatic rings. The molecule has 1 saturated heterocycles. The number of nitrogens with one attached hydrogen (secondary N) is 1. The molecular weight excluding hydrogens is 258 g/mol. The van der Waals surface area contributed by atoms with Crippen molar-refractivity contribution in [3.8, 4) is 0 Å². The lowest BCUT2D eigenvalue weighted by atomic mass is 10.1. The van der Waals surface area contributed by atoms with E-state index in [4.69, 9.17) is 4.98 Å². The second kappa shape index (κ2) is 5.68. The quantitative estimate of drug-likeness (QED) is 0.902. The fourth-order valence-corrected chi connectivity index (χ4v) is 3.25. The predicted molar refractivity (Wildman–Crippen MR) is 82.3 cm³/mol. The van der Waals surface area contributed by atoms with Gasteiger partial charge in [-0.2, -0.15) is 0 Å². The molecule has 106 valence electrons. The largest absolute Gasteiger partial charge is 0.348 e. The Morgan fingerprint density at radius 2 is 2.16 bits per heavy atom. The maximum Gasteiger partial charge on any atom is 0.132 e. The molecule has 3 rings (SSSR count). The second-order valence-corrected chi connectivity index (χ2v) is 6.16. The Bertz CT molecular complexity index is 447. The van der Waals surface area contributed by atoms with Gasteiger partial charge in [0, 0.05) is 30.9 Å². The highest BCUT2D eigenvalue weighted by molar-refractivity contribution is 5.85. The summed E-state index contributed by atoms with van der Waals surface area (Å²) in [4.78, 5) is 7.46. The van der Waals surface area contributed by atoms with Crippen molar-refractivity contribution in [3.05, 3.63) is 23.4 Å². The third-order valence-corrected chi connectivity index (χ3v) is 4.02. The molecule has 0 amide bonds. The van der Waals surface area contributed by atoms with E-state index in [2.05, 4.69) is 43.1 Å². The van der Waals surface area contributed by atoms with Crippen LogP contribution in [0.3, 0.4) is 0 Å². The number of anilines is 1. The van der Waals surface area contributed by atoms with Crippen LogP contribution in [0.1, 0.15) is 32.0 Å². The summed E-state index contributed by atoms with van der Waals surface area (Å²) in [6.07, 6.45) is 2.24. The zero-order valence-corrected chi connectivity index (χ0v) is 12.8. The van der Waals surface area contributed by atoms with Gasteiger partial charge in [0.05, 0.1) is 0 Å². The molecule has 0 saturated carbocycles. The number of rotatable bonds is 2. The first kappa shape index (κ1) is 14.6. The fourth-order valence-electron chi connectivity index (χ4n) is 3.25. The minimum atomic E-state index is 0. The number of hydrogen-bond donors (Lipinski definition) is 1. The van der Waals surface area contributed by atoms with Crippen molar-refractivity contribution in [2.24, 2.45) is 5.92 Å². The third kappa shape index (κ3) is 2.72.